The van der Waals surface area contributed by atoms with Gasteiger partial charge in [0, 0.05) is 11.8 Å². The largest absolute Gasteiger partial charge is 0.504 e. The van der Waals surface area contributed by atoms with Crippen molar-refractivity contribution in [3.8, 4) is 17.6 Å². The summed E-state index contributed by atoms with van der Waals surface area (Å²) in [6.45, 7) is 0. The van der Waals surface area contributed by atoms with Crippen molar-refractivity contribution in [2.75, 3.05) is 7.11 Å². The van der Waals surface area contributed by atoms with E-state index in [0.717, 1.165) is 22.9 Å². The number of thioether (sulfide) groups is 1. The zero-order chi connectivity index (χ0) is 17.9. The minimum atomic E-state index is -0.957. The number of aromatic hydroxyl groups is 1. The molecule has 0 saturated carbocycles. The van der Waals surface area contributed by atoms with E-state index in [1.54, 1.807) is 24.3 Å². The Morgan fingerprint density at radius 2 is 2.25 bits per heavy atom. The van der Waals surface area contributed by atoms with Gasteiger partial charge in [-0.2, -0.15) is 5.26 Å². The summed E-state index contributed by atoms with van der Waals surface area (Å²) < 4.78 is 5.15. The van der Waals surface area contributed by atoms with Crippen LogP contribution in [0.5, 0.6) is 11.5 Å². The van der Waals surface area contributed by atoms with Gasteiger partial charge in [0.2, 0.25) is 0 Å². The fourth-order valence-electron chi connectivity index (χ4n) is 1.83. The van der Waals surface area contributed by atoms with Crippen molar-refractivity contribution < 1.29 is 19.4 Å². The van der Waals surface area contributed by atoms with Crippen LogP contribution in [0.2, 0.25) is 0 Å². The number of phenolic OH excluding ortho intramolecular Hbond substituents is 1. The van der Waals surface area contributed by atoms with Crippen LogP contribution in [-0.4, -0.2) is 33.3 Å². The van der Waals surface area contributed by atoms with Crippen LogP contribution >= 0.6 is 24.0 Å². The quantitative estimate of drug-likeness (QED) is 0.474. The van der Waals surface area contributed by atoms with Gasteiger partial charge in [-0.05, 0) is 12.1 Å². The number of methoxy groups -OCH3 is 1. The Morgan fingerprint density at radius 1 is 1.54 bits per heavy atom. The average molecular weight is 361 g/mol. The second-order valence-corrected chi connectivity index (χ2v) is 6.14. The first-order valence-electron chi connectivity index (χ1n) is 6.43. The van der Waals surface area contributed by atoms with Crippen LogP contribution < -0.4 is 10.5 Å². The number of phenols is 1. The van der Waals surface area contributed by atoms with Gasteiger partial charge < -0.3 is 15.6 Å². The van der Waals surface area contributed by atoms with E-state index >= 15 is 0 Å². The van der Waals surface area contributed by atoms with Crippen molar-refractivity contribution in [1.29, 1.82) is 5.26 Å². The second-order valence-electron chi connectivity index (χ2n) is 4.47. The highest BCUT2D eigenvalue weighted by atomic mass is 32.2. The van der Waals surface area contributed by atoms with Gasteiger partial charge in [0.1, 0.15) is 11.6 Å². The number of nitrogens with two attached hydrogens (primary N) is 1. The maximum Gasteiger partial charge on any atom is 0.270 e. The summed E-state index contributed by atoms with van der Waals surface area (Å²) in [6, 6.07) is 6.44. The van der Waals surface area contributed by atoms with E-state index in [9.17, 15) is 14.7 Å². The summed E-state index contributed by atoms with van der Waals surface area (Å²) >= 11 is 6.05. The van der Waals surface area contributed by atoms with Gasteiger partial charge in [-0.25, -0.2) is 0 Å². The highest BCUT2D eigenvalue weighted by Crippen LogP contribution is 2.37. The first-order chi connectivity index (χ1) is 11.4. The number of thiocarbonyl (C=S) groups is 1. The molecule has 1 fully saturated rings. The molecule has 0 bridgehead atoms. The molecule has 0 radical (unpaired) electrons. The molecule has 1 aliphatic heterocycles. The average Bonchev–Trinajstić information content (AvgIpc) is 2.81. The normalized spacial score (nSPS) is 16.4. The van der Waals surface area contributed by atoms with Crippen LogP contribution in [0.1, 0.15) is 5.56 Å². The van der Waals surface area contributed by atoms with E-state index < -0.39 is 17.4 Å². The lowest BCUT2D eigenvalue weighted by Crippen LogP contribution is -2.24. The van der Waals surface area contributed by atoms with Crippen molar-refractivity contribution in [2.24, 2.45) is 5.73 Å². The zero-order valence-electron chi connectivity index (χ0n) is 12.3. The molecule has 1 heterocycles. The summed E-state index contributed by atoms with van der Waals surface area (Å²) in [5.74, 6) is -1.34. The number of benzene rings is 1. The molecule has 1 aromatic carbocycles. The van der Waals surface area contributed by atoms with E-state index in [1.807, 2.05) is 0 Å². The molecule has 1 aliphatic rings. The number of nitrogens with zero attached hydrogens (tertiary/aromatic N) is 2. The van der Waals surface area contributed by atoms with Crippen LogP contribution in [0.4, 0.5) is 0 Å². The van der Waals surface area contributed by atoms with Crippen LogP contribution in [0, 0.1) is 11.3 Å². The predicted octanol–water partition coefficient (Wildman–Crippen LogP) is 1.49. The van der Waals surface area contributed by atoms with Crippen LogP contribution in [0.25, 0.3) is 6.08 Å². The lowest BCUT2D eigenvalue weighted by atomic mass is 10.1. The molecule has 0 atom stereocenters. The Kier molecular flexibility index (Phi) is 5.23. The third-order valence-electron chi connectivity index (χ3n) is 3.00. The molecular formula is C15H11N3O4S2. The van der Waals surface area contributed by atoms with Crippen molar-refractivity contribution in [3.63, 3.8) is 0 Å². The maximum atomic E-state index is 12.4. The molecule has 2 amide bonds. The number of primary amides is 1. The van der Waals surface area contributed by atoms with E-state index in [0.29, 0.717) is 5.56 Å². The number of hydrogen-bond acceptors (Lipinski definition) is 7. The summed E-state index contributed by atoms with van der Waals surface area (Å²) in [5.41, 5.74) is 5.02. The standard InChI is InChI=1S/C15H11N3O4S2/c1-22-10-4-2-3-8(12(10)19)5-11-14(21)18(15(23)24-11)7-9(6-16)13(17)20/h2-5,7,19H,1H3,(H2,17,20). The Labute approximate surface area is 147 Å². The monoisotopic (exact) mass is 361 g/mol. The lowest BCUT2D eigenvalue weighted by Gasteiger charge is -2.08. The minimum absolute atomic E-state index is 0.115. The van der Waals surface area contributed by atoms with Gasteiger partial charge in [0.15, 0.2) is 15.8 Å². The number of nitriles is 1. The molecule has 7 nitrogen and oxygen atoms in total. The number of carbonyl (C=O) groups is 2. The smallest absolute Gasteiger partial charge is 0.270 e. The second kappa shape index (κ2) is 7.16. The number of ether oxygens (including phenoxy) is 1. The van der Waals surface area contributed by atoms with Gasteiger partial charge in [0.25, 0.3) is 11.8 Å². The maximum absolute atomic E-state index is 12.4. The highest BCUT2D eigenvalue weighted by molar-refractivity contribution is 8.26. The molecule has 2 rings (SSSR count). The van der Waals surface area contributed by atoms with E-state index in [4.69, 9.17) is 28.0 Å². The molecule has 24 heavy (non-hydrogen) atoms. The van der Waals surface area contributed by atoms with Gasteiger partial charge >= 0.3 is 0 Å². The first kappa shape index (κ1) is 17.5. The lowest BCUT2D eigenvalue weighted by molar-refractivity contribution is -0.120. The Balaban J connectivity index is 2.39. The van der Waals surface area contributed by atoms with Crippen molar-refractivity contribution in [2.45, 2.75) is 0 Å². The topological polar surface area (TPSA) is 117 Å². The van der Waals surface area contributed by atoms with Crippen molar-refractivity contribution in [3.05, 3.63) is 40.4 Å². The predicted molar refractivity (Wildman–Crippen MR) is 92.6 cm³/mol. The Bertz CT molecular complexity index is 840. The Hall–Kier alpha value is -2.83. The van der Waals surface area contributed by atoms with E-state index in [2.05, 4.69) is 0 Å². The summed E-state index contributed by atoms with van der Waals surface area (Å²) in [6.07, 6.45) is 2.45. The third kappa shape index (κ3) is 3.40. The van der Waals surface area contributed by atoms with E-state index in [1.165, 1.54) is 13.2 Å². The molecule has 0 unspecified atom stereocenters. The molecule has 0 aromatic heterocycles. The third-order valence-corrected chi connectivity index (χ3v) is 4.33. The first-order valence-corrected chi connectivity index (χ1v) is 7.66. The summed E-state index contributed by atoms with van der Waals surface area (Å²) in [7, 11) is 1.41. The molecule has 0 spiro atoms. The molecule has 3 N–H and O–H groups in total. The number of carbonyl (C=O) groups excluding carboxylic acids is 2. The SMILES string of the molecule is COc1cccc(C=C2SC(=S)N(C=C(C#N)C(N)=O)C2=O)c1O. The fourth-order valence-corrected chi connectivity index (χ4v) is 3.03. The number of amides is 2. The molecule has 122 valence electrons. The Morgan fingerprint density at radius 3 is 2.83 bits per heavy atom. The van der Waals surface area contributed by atoms with Crippen molar-refractivity contribution >= 4 is 46.2 Å². The molecule has 1 aromatic rings. The molecule has 0 aliphatic carbocycles. The zero-order valence-corrected chi connectivity index (χ0v) is 14.0. The van der Waals surface area contributed by atoms with Crippen LogP contribution in [0.3, 0.4) is 0 Å². The number of hydrogen-bond donors (Lipinski definition) is 2. The number of rotatable bonds is 4. The fraction of sp³-hybridized carbons (Fsp3) is 0.0667. The summed E-state index contributed by atoms with van der Waals surface area (Å²) in [4.78, 5) is 24.7. The van der Waals surface area contributed by atoms with Crippen molar-refractivity contribution in [1.82, 2.24) is 4.90 Å². The van der Waals surface area contributed by atoms with Gasteiger partial charge in [-0.15, -0.1) is 0 Å². The van der Waals surface area contributed by atoms with Gasteiger partial charge in [-0.1, -0.05) is 36.1 Å². The summed E-state index contributed by atoms with van der Waals surface area (Å²) in [5, 5.41) is 18.9. The molecule has 1 saturated heterocycles. The van der Waals surface area contributed by atoms with E-state index in [-0.39, 0.29) is 20.7 Å². The molecule has 9 heteroatoms. The van der Waals surface area contributed by atoms with Crippen LogP contribution in [0.15, 0.2) is 34.9 Å². The minimum Gasteiger partial charge on any atom is -0.504 e. The number of para-hydroxylation sites is 1. The highest BCUT2D eigenvalue weighted by Gasteiger charge is 2.32. The molecular weight excluding hydrogens is 350 g/mol. The van der Waals surface area contributed by atoms with Gasteiger partial charge in [-0.3, -0.25) is 14.5 Å². The van der Waals surface area contributed by atoms with Gasteiger partial charge in [0.05, 0.1) is 12.0 Å². The van der Waals surface area contributed by atoms with Crippen LogP contribution in [-0.2, 0) is 9.59 Å².